The molecular formula is C25H32N4O5S. The number of ether oxygens (including phenoxy) is 3. The van der Waals surface area contributed by atoms with Gasteiger partial charge in [-0.1, -0.05) is 17.8 Å². The molecule has 1 fully saturated rings. The highest BCUT2D eigenvalue weighted by Crippen LogP contribution is 2.46. The molecule has 0 aromatic heterocycles. The van der Waals surface area contributed by atoms with Gasteiger partial charge < -0.3 is 29.3 Å². The molecule has 1 aromatic carbocycles. The number of amidine groups is 1. The van der Waals surface area contributed by atoms with Gasteiger partial charge in [-0.2, -0.15) is 0 Å². The molecule has 0 spiro atoms. The van der Waals surface area contributed by atoms with Crippen molar-refractivity contribution in [2.45, 2.75) is 32.2 Å². The molecule has 4 rings (SSSR count). The fraction of sp³-hybridized carbons (Fsp3) is 0.480. The summed E-state index contributed by atoms with van der Waals surface area (Å²) in [7, 11) is 4.51. The second-order valence-corrected chi connectivity index (χ2v) is 9.41. The van der Waals surface area contributed by atoms with Crippen molar-refractivity contribution in [2.75, 3.05) is 47.5 Å². The van der Waals surface area contributed by atoms with Crippen LogP contribution in [0.5, 0.6) is 11.5 Å². The van der Waals surface area contributed by atoms with E-state index in [1.54, 1.807) is 21.1 Å². The molecule has 0 unspecified atom stereocenters. The normalized spacial score (nSPS) is 19.8. The molecule has 1 atom stereocenters. The van der Waals surface area contributed by atoms with Gasteiger partial charge in [-0.05, 0) is 56.0 Å². The summed E-state index contributed by atoms with van der Waals surface area (Å²) in [6, 6.07) is 5.02. The molecule has 1 saturated heterocycles. The standard InChI is InChI=1S/C25H32N4O5S/c1-16-22(24(31)34-4)23(17-7-8-19(32-2)20(13-17)33-3)29-18(15-35-25(29)27-16)14-21(30)26-9-12-28-10-5-6-11-28/h7-8,13,15,23H,5-6,9-12,14H2,1-4H3,(H,26,30)/t23-/m1/s1. The van der Waals surface area contributed by atoms with Crippen molar-refractivity contribution in [3.63, 3.8) is 0 Å². The van der Waals surface area contributed by atoms with Gasteiger partial charge in [-0.15, -0.1) is 0 Å². The van der Waals surface area contributed by atoms with Crippen LogP contribution in [0.3, 0.4) is 0 Å². The maximum atomic E-state index is 12.9. The van der Waals surface area contributed by atoms with E-state index in [1.165, 1.54) is 31.7 Å². The maximum absolute atomic E-state index is 12.9. The monoisotopic (exact) mass is 500 g/mol. The maximum Gasteiger partial charge on any atom is 0.338 e. The van der Waals surface area contributed by atoms with Crippen LogP contribution >= 0.6 is 11.8 Å². The van der Waals surface area contributed by atoms with E-state index in [0.29, 0.717) is 29.3 Å². The summed E-state index contributed by atoms with van der Waals surface area (Å²) >= 11 is 1.45. The molecule has 10 heteroatoms. The molecule has 9 nitrogen and oxygen atoms in total. The Morgan fingerprint density at radius 2 is 1.89 bits per heavy atom. The summed E-state index contributed by atoms with van der Waals surface area (Å²) in [4.78, 5) is 34.7. The van der Waals surface area contributed by atoms with E-state index >= 15 is 0 Å². The summed E-state index contributed by atoms with van der Waals surface area (Å²) in [6.07, 6.45) is 2.63. The van der Waals surface area contributed by atoms with Gasteiger partial charge in [-0.25, -0.2) is 9.79 Å². The predicted octanol–water partition coefficient (Wildman–Crippen LogP) is 3.05. The summed E-state index contributed by atoms with van der Waals surface area (Å²) in [5.41, 5.74) is 2.59. The molecule has 0 radical (unpaired) electrons. The average molecular weight is 501 g/mol. The number of fused-ring (bicyclic) bond motifs is 1. The van der Waals surface area contributed by atoms with Gasteiger partial charge in [0.25, 0.3) is 0 Å². The van der Waals surface area contributed by atoms with Crippen molar-refractivity contribution in [3.05, 3.63) is 46.1 Å². The highest BCUT2D eigenvalue weighted by molar-refractivity contribution is 8.16. The van der Waals surface area contributed by atoms with E-state index in [0.717, 1.165) is 36.1 Å². The summed E-state index contributed by atoms with van der Waals surface area (Å²) in [6.45, 7) is 5.47. The number of carbonyl (C=O) groups is 2. The van der Waals surface area contributed by atoms with Gasteiger partial charge in [0, 0.05) is 18.8 Å². The fourth-order valence-electron chi connectivity index (χ4n) is 4.67. The zero-order chi connectivity index (χ0) is 24.9. The van der Waals surface area contributed by atoms with E-state index < -0.39 is 12.0 Å². The number of likely N-dealkylation sites (tertiary alicyclic amines) is 1. The van der Waals surface area contributed by atoms with Crippen molar-refractivity contribution >= 4 is 28.8 Å². The molecule has 0 saturated carbocycles. The van der Waals surface area contributed by atoms with Crippen molar-refractivity contribution in [1.29, 1.82) is 0 Å². The number of esters is 1. The first-order valence-corrected chi connectivity index (χ1v) is 12.6. The summed E-state index contributed by atoms with van der Waals surface area (Å²) in [5, 5.41) is 5.68. The first kappa shape index (κ1) is 25.1. The van der Waals surface area contributed by atoms with Crippen LogP contribution in [0.25, 0.3) is 0 Å². The summed E-state index contributed by atoms with van der Waals surface area (Å²) < 4.78 is 16.0. The molecule has 3 aliphatic rings. The number of aliphatic imine (C=N–C) groups is 1. The first-order chi connectivity index (χ1) is 17.0. The molecule has 1 N–H and O–H groups in total. The van der Waals surface area contributed by atoms with E-state index in [1.807, 2.05) is 28.5 Å². The third kappa shape index (κ3) is 5.33. The van der Waals surface area contributed by atoms with Crippen LogP contribution < -0.4 is 14.8 Å². The Kier molecular flexibility index (Phi) is 8.02. The molecule has 3 aliphatic heterocycles. The fourth-order valence-corrected chi connectivity index (χ4v) is 5.63. The zero-order valence-corrected chi connectivity index (χ0v) is 21.4. The van der Waals surface area contributed by atoms with Gasteiger partial charge in [0.2, 0.25) is 5.91 Å². The number of nitrogens with zero attached hydrogens (tertiary/aromatic N) is 3. The predicted molar refractivity (Wildman–Crippen MR) is 135 cm³/mol. The van der Waals surface area contributed by atoms with Gasteiger partial charge in [-0.3, -0.25) is 4.79 Å². The molecule has 0 bridgehead atoms. The van der Waals surface area contributed by atoms with Crippen LogP contribution in [0.15, 0.2) is 45.6 Å². The molecular weight excluding hydrogens is 468 g/mol. The number of carbonyl (C=O) groups excluding carboxylic acids is 2. The summed E-state index contributed by atoms with van der Waals surface area (Å²) in [5.74, 6) is 0.615. The number of amides is 1. The van der Waals surface area contributed by atoms with Gasteiger partial charge >= 0.3 is 5.97 Å². The lowest BCUT2D eigenvalue weighted by Gasteiger charge is -2.36. The molecule has 3 heterocycles. The number of allylic oxidation sites excluding steroid dienone is 1. The Hall–Kier alpha value is -2.98. The van der Waals surface area contributed by atoms with Crippen molar-refractivity contribution in [1.82, 2.24) is 15.1 Å². The van der Waals surface area contributed by atoms with E-state index in [4.69, 9.17) is 14.2 Å². The lowest BCUT2D eigenvalue weighted by Crippen LogP contribution is -2.38. The van der Waals surface area contributed by atoms with Crippen LogP contribution in [0.4, 0.5) is 0 Å². The largest absolute Gasteiger partial charge is 0.493 e. The number of benzene rings is 1. The van der Waals surface area contributed by atoms with Crippen LogP contribution in [0.2, 0.25) is 0 Å². The smallest absolute Gasteiger partial charge is 0.338 e. The number of hydrogen-bond donors (Lipinski definition) is 1. The number of methoxy groups -OCH3 is 3. The first-order valence-electron chi connectivity index (χ1n) is 11.7. The Morgan fingerprint density at radius 3 is 2.57 bits per heavy atom. The molecule has 0 aliphatic carbocycles. The average Bonchev–Trinajstić information content (AvgIpc) is 3.52. The van der Waals surface area contributed by atoms with Gasteiger partial charge in [0.05, 0.1) is 45.1 Å². The Bertz CT molecular complexity index is 1080. The third-order valence-electron chi connectivity index (χ3n) is 6.42. The topological polar surface area (TPSA) is 92.7 Å². The lowest BCUT2D eigenvalue weighted by molar-refractivity contribution is -0.136. The Labute approximate surface area is 210 Å². The van der Waals surface area contributed by atoms with Crippen LogP contribution in [0, 0.1) is 0 Å². The lowest BCUT2D eigenvalue weighted by atomic mass is 9.93. The van der Waals surface area contributed by atoms with Crippen molar-refractivity contribution in [2.24, 2.45) is 4.99 Å². The second-order valence-electron chi connectivity index (χ2n) is 8.57. The molecule has 188 valence electrons. The minimum atomic E-state index is -0.520. The van der Waals surface area contributed by atoms with E-state index in [2.05, 4.69) is 15.2 Å². The van der Waals surface area contributed by atoms with Crippen LogP contribution in [-0.4, -0.2) is 74.4 Å². The molecule has 35 heavy (non-hydrogen) atoms. The highest BCUT2D eigenvalue weighted by atomic mass is 32.2. The quantitative estimate of drug-likeness (QED) is 0.518. The van der Waals surface area contributed by atoms with E-state index in [9.17, 15) is 9.59 Å². The number of nitrogens with one attached hydrogen (secondary N) is 1. The number of thioether (sulfide) groups is 1. The van der Waals surface area contributed by atoms with Crippen molar-refractivity contribution < 1.29 is 23.8 Å². The van der Waals surface area contributed by atoms with Crippen LogP contribution in [-0.2, 0) is 14.3 Å². The number of hydrogen-bond acceptors (Lipinski definition) is 9. The second kappa shape index (κ2) is 11.2. The van der Waals surface area contributed by atoms with E-state index in [-0.39, 0.29) is 12.3 Å². The minimum Gasteiger partial charge on any atom is -0.493 e. The molecule has 1 amide bonds. The minimum absolute atomic E-state index is 0.0609. The van der Waals surface area contributed by atoms with Crippen molar-refractivity contribution in [3.8, 4) is 11.5 Å². The zero-order valence-electron chi connectivity index (χ0n) is 20.6. The number of rotatable bonds is 9. The Morgan fingerprint density at radius 1 is 1.14 bits per heavy atom. The van der Waals surface area contributed by atoms with Crippen LogP contribution in [0.1, 0.15) is 37.8 Å². The highest BCUT2D eigenvalue weighted by Gasteiger charge is 2.41. The van der Waals surface area contributed by atoms with Gasteiger partial charge in [0.1, 0.15) is 0 Å². The third-order valence-corrected chi connectivity index (χ3v) is 7.31. The SMILES string of the molecule is COC(=O)C1=C(C)N=C2SC=C(CC(=O)NCCN3CCCC3)N2[C@@H]1c1ccc(OC)c(OC)c1. The molecule has 1 aromatic rings. The van der Waals surface area contributed by atoms with Gasteiger partial charge in [0.15, 0.2) is 16.7 Å². The Balaban J connectivity index is 1.59.